The summed E-state index contributed by atoms with van der Waals surface area (Å²) in [7, 11) is -3.43. The van der Waals surface area contributed by atoms with E-state index < -0.39 is 10.0 Å². The molecule has 1 amide bonds. The van der Waals surface area contributed by atoms with Crippen LogP contribution in [0.3, 0.4) is 0 Å². The lowest BCUT2D eigenvalue weighted by atomic mass is 10.0. The number of hydrogen-bond acceptors (Lipinski definition) is 3. The summed E-state index contributed by atoms with van der Waals surface area (Å²) in [5.41, 5.74) is 6.31. The quantitative estimate of drug-likeness (QED) is 0.611. The van der Waals surface area contributed by atoms with Crippen LogP contribution in [0.4, 0.5) is 5.69 Å². The average molecular weight is 431 g/mol. The minimum atomic E-state index is -3.43. The van der Waals surface area contributed by atoms with Gasteiger partial charge in [0.05, 0.1) is 11.9 Å². The first-order valence-corrected chi connectivity index (χ1v) is 12.4. The Balaban J connectivity index is 1.98. The molecule has 2 rings (SSSR count). The zero-order chi connectivity index (χ0) is 22.3. The van der Waals surface area contributed by atoms with E-state index in [9.17, 15) is 13.2 Å². The van der Waals surface area contributed by atoms with Crippen LogP contribution >= 0.6 is 0 Å². The molecule has 1 N–H and O–H groups in total. The molecule has 30 heavy (non-hydrogen) atoms. The lowest BCUT2D eigenvalue weighted by Gasteiger charge is -2.25. The van der Waals surface area contributed by atoms with Crippen LogP contribution in [0.5, 0.6) is 0 Å². The Hall–Kier alpha value is -2.34. The minimum absolute atomic E-state index is 0.0617. The highest BCUT2D eigenvalue weighted by molar-refractivity contribution is 7.92. The number of nitrogens with zero attached hydrogens (tertiary/aromatic N) is 1. The normalized spacial score (nSPS) is 11.4. The van der Waals surface area contributed by atoms with Crippen molar-refractivity contribution in [2.45, 2.75) is 59.9 Å². The maximum atomic E-state index is 12.4. The van der Waals surface area contributed by atoms with Gasteiger partial charge in [0.15, 0.2) is 0 Å². The molecule has 0 unspecified atom stereocenters. The van der Waals surface area contributed by atoms with E-state index in [-0.39, 0.29) is 18.9 Å². The van der Waals surface area contributed by atoms with Crippen molar-refractivity contribution in [2.75, 3.05) is 17.1 Å². The Kier molecular flexibility index (Phi) is 8.47. The molecular formula is C24H34N2O3S. The lowest BCUT2D eigenvalue weighted by Crippen LogP contribution is -2.32. The Morgan fingerprint density at radius 3 is 2.40 bits per heavy atom. The van der Waals surface area contributed by atoms with Gasteiger partial charge in [-0.05, 0) is 67.0 Å². The maximum Gasteiger partial charge on any atom is 0.232 e. The average Bonchev–Trinajstić information content (AvgIpc) is 2.71. The summed E-state index contributed by atoms with van der Waals surface area (Å²) in [5, 5.41) is 2.99. The predicted octanol–water partition coefficient (Wildman–Crippen LogP) is 4.29. The van der Waals surface area contributed by atoms with Crippen LogP contribution in [0, 0.1) is 13.8 Å². The molecule has 5 nitrogen and oxygen atoms in total. The van der Waals surface area contributed by atoms with Crippen molar-refractivity contribution in [3.63, 3.8) is 0 Å². The van der Waals surface area contributed by atoms with Crippen LogP contribution in [0.15, 0.2) is 36.4 Å². The molecule has 0 radical (unpaired) electrons. The second-order valence-electron chi connectivity index (χ2n) is 7.74. The second kappa shape index (κ2) is 10.6. The largest absolute Gasteiger partial charge is 0.352 e. The van der Waals surface area contributed by atoms with Crippen molar-refractivity contribution in [3.8, 4) is 0 Å². The van der Waals surface area contributed by atoms with Crippen LogP contribution in [-0.2, 0) is 34.2 Å². The van der Waals surface area contributed by atoms with Crippen molar-refractivity contribution < 1.29 is 13.2 Å². The third-order valence-electron chi connectivity index (χ3n) is 5.55. The number of anilines is 1. The molecule has 0 saturated heterocycles. The number of aryl methyl sites for hydroxylation is 3. The fourth-order valence-corrected chi connectivity index (χ4v) is 4.56. The molecule has 0 atom stereocenters. The molecule has 2 aromatic carbocycles. The van der Waals surface area contributed by atoms with Crippen molar-refractivity contribution in [1.82, 2.24) is 5.32 Å². The molecule has 0 aliphatic heterocycles. The molecule has 0 fully saturated rings. The van der Waals surface area contributed by atoms with E-state index in [2.05, 4.69) is 37.4 Å². The van der Waals surface area contributed by atoms with Crippen LogP contribution in [-0.4, -0.2) is 27.1 Å². The number of amides is 1. The summed E-state index contributed by atoms with van der Waals surface area (Å²) in [6.07, 6.45) is 3.84. The van der Waals surface area contributed by atoms with Gasteiger partial charge >= 0.3 is 0 Å². The Labute approximate surface area is 181 Å². The van der Waals surface area contributed by atoms with E-state index in [0.717, 1.165) is 29.5 Å². The highest BCUT2D eigenvalue weighted by Crippen LogP contribution is 2.25. The first kappa shape index (κ1) is 23.9. The number of carbonyl (C=O) groups is 1. The molecule has 0 saturated carbocycles. The van der Waals surface area contributed by atoms with Crippen molar-refractivity contribution >= 4 is 21.6 Å². The van der Waals surface area contributed by atoms with E-state index >= 15 is 0 Å². The van der Waals surface area contributed by atoms with E-state index in [4.69, 9.17) is 0 Å². The molecule has 0 aliphatic rings. The summed E-state index contributed by atoms with van der Waals surface area (Å²) in [5.74, 6) is -0.0617. The standard InChI is InChI=1S/C24H34N2O3S/c1-6-20-13-14-21(7-2)22(16-20)17-25-24(27)12-9-15-26(30(5,28)29)23-11-8-10-18(3)19(23)4/h8,10-11,13-14,16H,6-7,9,12,15,17H2,1-5H3,(H,25,27). The van der Waals surface area contributed by atoms with E-state index in [1.807, 2.05) is 32.0 Å². The number of hydrogen-bond donors (Lipinski definition) is 1. The van der Waals surface area contributed by atoms with Crippen LogP contribution in [0.1, 0.15) is 54.5 Å². The van der Waals surface area contributed by atoms with Gasteiger partial charge in [-0.15, -0.1) is 0 Å². The fraction of sp³-hybridized carbons (Fsp3) is 0.458. The van der Waals surface area contributed by atoms with Gasteiger partial charge in [0.1, 0.15) is 0 Å². The third kappa shape index (κ3) is 6.33. The molecule has 0 heterocycles. The molecule has 164 valence electrons. The molecule has 0 aromatic heterocycles. The first-order chi connectivity index (χ1) is 14.2. The molecular weight excluding hydrogens is 396 g/mol. The SMILES string of the molecule is CCc1ccc(CC)c(CNC(=O)CCCN(c2cccc(C)c2C)S(C)(=O)=O)c1. The lowest BCUT2D eigenvalue weighted by molar-refractivity contribution is -0.121. The number of rotatable bonds is 10. The van der Waals surface area contributed by atoms with Gasteiger partial charge < -0.3 is 5.32 Å². The molecule has 0 bridgehead atoms. The smallest absolute Gasteiger partial charge is 0.232 e. The van der Waals surface area contributed by atoms with Gasteiger partial charge in [-0.2, -0.15) is 0 Å². The van der Waals surface area contributed by atoms with Gasteiger partial charge in [0, 0.05) is 19.5 Å². The third-order valence-corrected chi connectivity index (χ3v) is 6.73. The van der Waals surface area contributed by atoms with Gasteiger partial charge in [-0.1, -0.05) is 44.2 Å². The Bertz CT molecular complexity index is 984. The number of sulfonamides is 1. The van der Waals surface area contributed by atoms with E-state index in [1.165, 1.54) is 21.7 Å². The molecule has 0 aliphatic carbocycles. The van der Waals surface area contributed by atoms with Crippen LogP contribution < -0.4 is 9.62 Å². The zero-order valence-corrected chi connectivity index (χ0v) is 19.6. The molecule has 6 heteroatoms. The van der Waals surface area contributed by atoms with Gasteiger partial charge in [0.25, 0.3) is 0 Å². The summed E-state index contributed by atoms with van der Waals surface area (Å²) in [6, 6.07) is 12.1. The topological polar surface area (TPSA) is 66.5 Å². The van der Waals surface area contributed by atoms with Crippen LogP contribution in [0.25, 0.3) is 0 Å². The Morgan fingerprint density at radius 1 is 1.03 bits per heavy atom. The highest BCUT2D eigenvalue weighted by atomic mass is 32.2. The maximum absolute atomic E-state index is 12.4. The summed E-state index contributed by atoms with van der Waals surface area (Å²) >= 11 is 0. The summed E-state index contributed by atoms with van der Waals surface area (Å²) < 4.78 is 26.1. The zero-order valence-electron chi connectivity index (χ0n) is 18.8. The molecule has 2 aromatic rings. The fourth-order valence-electron chi connectivity index (χ4n) is 3.54. The predicted molar refractivity (Wildman–Crippen MR) is 124 cm³/mol. The molecule has 0 spiro atoms. The van der Waals surface area contributed by atoms with Gasteiger partial charge in [-0.3, -0.25) is 9.10 Å². The minimum Gasteiger partial charge on any atom is -0.352 e. The second-order valence-corrected chi connectivity index (χ2v) is 9.65. The van der Waals surface area contributed by atoms with Gasteiger partial charge in [0.2, 0.25) is 15.9 Å². The Morgan fingerprint density at radius 2 is 1.77 bits per heavy atom. The number of nitrogens with one attached hydrogen (secondary N) is 1. The summed E-state index contributed by atoms with van der Waals surface area (Å²) in [4.78, 5) is 12.4. The van der Waals surface area contributed by atoms with Crippen LogP contribution in [0.2, 0.25) is 0 Å². The van der Waals surface area contributed by atoms with Crippen molar-refractivity contribution in [2.24, 2.45) is 0 Å². The van der Waals surface area contributed by atoms with Crippen molar-refractivity contribution in [1.29, 1.82) is 0 Å². The van der Waals surface area contributed by atoms with Gasteiger partial charge in [-0.25, -0.2) is 8.42 Å². The van der Waals surface area contributed by atoms with E-state index in [0.29, 0.717) is 18.7 Å². The number of carbonyl (C=O) groups excluding carboxylic acids is 1. The van der Waals surface area contributed by atoms with E-state index in [1.54, 1.807) is 0 Å². The highest BCUT2D eigenvalue weighted by Gasteiger charge is 2.20. The number of benzene rings is 2. The first-order valence-electron chi connectivity index (χ1n) is 10.6. The van der Waals surface area contributed by atoms with Crippen molar-refractivity contribution in [3.05, 3.63) is 64.2 Å². The monoisotopic (exact) mass is 430 g/mol. The summed E-state index contributed by atoms with van der Waals surface area (Å²) in [6.45, 7) is 8.90.